The normalized spacial score (nSPS) is 16.6. The third-order valence-corrected chi connectivity index (χ3v) is 3.53. The number of nitrogens with zero attached hydrogens (tertiary/aromatic N) is 1. The van der Waals surface area contributed by atoms with Crippen molar-refractivity contribution in [3.63, 3.8) is 0 Å². The van der Waals surface area contributed by atoms with Gasteiger partial charge in [-0.25, -0.2) is 0 Å². The first-order valence-corrected chi connectivity index (χ1v) is 6.40. The summed E-state index contributed by atoms with van der Waals surface area (Å²) in [6.45, 7) is -0.0515. The molecule has 0 unspecified atom stereocenters. The maximum atomic E-state index is 11.7. The summed E-state index contributed by atoms with van der Waals surface area (Å²) < 4.78 is 0. The van der Waals surface area contributed by atoms with Crippen molar-refractivity contribution >= 4 is 17.7 Å². The summed E-state index contributed by atoms with van der Waals surface area (Å²) in [6, 6.07) is 5.93. The lowest BCUT2D eigenvalue weighted by Crippen LogP contribution is -2.55. The second-order valence-electron chi connectivity index (χ2n) is 4.96. The molecule has 1 fully saturated rings. The molecular weight excluding hydrogens is 260 g/mol. The van der Waals surface area contributed by atoms with E-state index in [1.807, 2.05) is 0 Å². The number of carbonyl (C=O) groups excluding carboxylic acids is 1. The number of aliphatic hydroxyl groups excluding tert-OH is 1. The minimum atomic E-state index is -0.470. The van der Waals surface area contributed by atoms with Crippen molar-refractivity contribution in [3.05, 3.63) is 46.0 Å². The summed E-state index contributed by atoms with van der Waals surface area (Å²) in [6.07, 6.45) is 5.55. The fraction of sp³-hybridized carbons (Fsp3) is 0.357. The molecule has 0 bridgehead atoms. The van der Waals surface area contributed by atoms with Crippen LogP contribution in [0, 0.1) is 10.1 Å². The van der Waals surface area contributed by atoms with Gasteiger partial charge in [0.05, 0.1) is 17.1 Å². The number of rotatable bonds is 5. The fourth-order valence-corrected chi connectivity index (χ4v) is 2.11. The van der Waals surface area contributed by atoms with E-state index in [-0.39, 0.29) is 18.2 Å². The summed E-state index contributed by atoms with van der Waals surface area (Å²) in [7, 11) is 0. The van der Waals surface area contributed by atoms with E-state index in [2.05, 4.69) is 5.32 Å². The van der Waals surface area contributed by atoms with Gasteiger partial charge in [-0.15, -0.1) is 0 Å². The summed E-state index contributed by atoms with van der Waals surface area (Å²) in [4.78, 5) is 21.8. The molecule has 0 atom stereocenters. The van der Waals surface area contributed by atoms with Gasteiger partial charge in [-0.3, -0.25) is 14.9 Å². The van der Waals surface area contributed by atoms with E-state index in [0.29, 0.717) is 5.56 Å². The van der Waals surface area contributed by atoms with Crippen LogP contribution in [0.4, 0.5) is 5.69 Å². The SMILES string of the molecule is O=C(/C=C/c1ccc([N+](=O)[O-])cc1)NC1(CO)CCC1. The van der Waals surface area contributed by atoms with Gasteiger partial charge in [-0.2, -0.15) is 0 Å². The van der Waals surface area contributed by atoms with E-state index in [9.17, 15) is 20.0 Å². The molecule has 0 aliphatic heterocycles. The largest absolute Gasteiger partial charge is 0.394 e. The molecule has 1 aromatic carbocycles. The average molecular weight is 276 g/mol. The Morgan fingerprint density at radius 3 is 2.50 bits per heavy atom. The van der Waals surface area contributed by atoms with E-state index in [4.69, 9.17) is 0 Å². The summed E-state index contributed by atoms with van der Waals surface area (Å²) >= 11 is 0. The van der Waals surface area contributed by atoms with Gasteiger partial charge in [0.1, 0.15) is 0 Å². The zero-order valence-electron chi connectivity index (χ0n) is 10.9. The number of nitro groups is 1. The van der Waals surface area contributed by atoms with Gasteiger partial charge in [0.15, 0.2) is 0 Å². The predicted octanol–water partition coefficient (Wildman–Crippen LogP) is 1.64. The number of benzene rings is 1. The van der Waals surface area contributed by atoms with Crippen LogP contribution < -0.4 is 5.32 Å². The lowest BCUT2D eigenvalue weighted by atomic mass is 9.77. The third-order valence-electron chi connectivity index (χ3n) is 3.53. The zero-order valence-corrected chi connectivity index (χ0v) is 10.9. The maximum absolute atomic E-state index is 11.7. The van der Waals surface area contributed by atoms with E-state index in [1.165, 1.54) is 18.2 Å². The molecule has 2 rings (SSSR count). The van der Waals surface area contributed by atoms with E-state index >= 15 is 0 Å². The average Bonchev–Trinajstić information content (AvgIpc) is 2.41. The van der Waals surface area contributed by atoms with Crippen LogP contribution in [-0.2, 0) is 4.79 Å². The minimum absolute atomic E-state index is 0.0142. The van der Waals surface area contributed by atoms with Crippen molar-refractivity contribution < 1.29 is 14.8 Å². The van der Waals surface area contributed by atoms with Gasteiger partial charge < -0.3 is 10.4 Å². The van der Waals surface area contributed by atoms with Crippen LogP contribution in [0.1, 0.15) is 24.8 Å². The van der Waals surface area contributed by atoms with E-state index in [1.54, 1.807) is 18.2 Å². The van der Waals surface area contributed by atoms with Crippen molar-refractivity contribution in [2.45, 2.75) is 24.8 Å². The second-order valence-corrected chi connectivity index (χ2v) is 4.96. The Bertz CT molecular complexity index is 527. The lowest BCUT2D eigenvalue weighted by molar-refractivity contribution is -0.384. The molecule has 106 valence electrons. The van der Waals surface area contributed by atoms with Gasteiger partial charge in [-0.1, -0.05) is 0 Å². The Balaban J connectivity index is 1.95. The van der Waals surface area contributed by atoms with Crippen molar-refractivity contribution in [1.29, 1.82) is 0 Å². The number of nitro benzene ring substituents is 1. The molecule has 6 nitrogen and oxygen atoms in total. The quantitative estimate of drug-likeness (QED) is 0.486. The molecule has 20 heavy (non-hydrogen) atoms. The number of carbonyl (C=O) groups is 1. The summed E-state index contributed by atoms with van der Waals surface area (Å²) in [5, 5.41) is 22.6. The number of hydrogen-bond donors (Lipinski definition) is 2. The number of non-ortho nitro benzene ring substituents is 1. The Kier molecular flexibility index (Phi) is 4.14. The monoisotopic (exact) mass is 276 g/mol. The van der Waals surface area contributed by atoms with Crippen molar-refractivity contribution in [1.82, 2.24) is 5.32 Å². The fourth-order valence-electron chi connectivity index (χ4n) is 2.11. The molecule has 0 saturated heterocycles. The van der Waals surface area contributed by atoms with Gasteiger partial charge in [-0.05, 0) is 43.0 Å². The molecule has 2 N–H and O–H groups in total. The minimum Gasteiger partial charge on any atom is -0.394 e. The molecule has 0 heterocycles. The Hall–Kier alpha value is -2.21. The molecular formula is C14H16N2O4. The standard InChI is InChI=1S/C14H16N2O4/c17-10-14(8-1-9-14)15-13(18)7-4-11-2-5-12(6-3-11)16(19)20/h2-7,17H,1,8-10H2,(H,15,18)/b7-4+. The number of amides is 1. The lowest BCUT2D eigenvalue weighted by Gasteiger charge is -2.40. The molecule has 0 aromatic heterocycles. The third kappa shape index (κ3) is 3.21. The molecule has 0 radical (unpaired) electrons. The van der Waals surface area contributed by atoms with Crippen LogP contribution >= 0.6 is 0 Å². The molecule has 1 aliphatic carbocycles. The molecule has 1 aromatic rings. The highest BCUT2D eigenvalue weighted by atomic mass is 16.6. The van der Waals surface area contributed by atoms with Crippen LogP contribution in [0.3, 0.4) is 0 Å². The van der Waals surface area contributed by atoms with E-state index < -0.39 is 10.5 Å². The molecule has 1 amide bonds. The van der Waals surface area contributed by atoms with Gasteiger partial charge in [0.2, 0.25) is 5.91 Å². The van der Waals surface area contributed by atoms with Crippen molar-refractivity contribution in [3.8, 4) is 0 Å². The van der Waals surface area contributed by atoms with Gasteiger partial charge in [0.25, 0.3) is 5.69 Å². The number of aliphatic hydroxyl groups is 1. The first kappa shape index (κ1) is 14.2. The Morgan fingerprint density at radius 1 is 1.40 bits per heavy atom. The maximum Gasteiger partial charge on any atom is 0.269 e. The summed E-state index contributed by atoms with van der Waals surface area (Å²) in [5.41, 5.74) is 0.259. The first-order chi connectivity index (χ1) is 9.54. The predicted molar refractivity (Wildman–Crippen MR) is 73.9 cm³/mol. The van der Waals surface area contributed by atoms with Crippen LogP contribution in [0.15, 0.2) is 30.3 Å². The van der Waals surface area contributed by atoms with Crippen LogP contribution in [0.5, 0.6) is 0 Å². The Morgan fingerprint density at radius 2 is 2.05 bits per heavy atom. The van der Waals surface area contributed by atoms with Crippen LogP contribution in [-0.4, -0.2) is 28.1 Å². The summed E-state index contributed by atoms with van der Waals surface area (Å²) in [5.74, 6) is -0.267. The zero-order chi connectivity index (χ0) is 14.6. The number of hydrogen-bond acceptors (Lipinski definition) is 4. The molecule has 0 spiro atoms. The van der Waals surface area contributed by atoms with E-state index in [0.717, 1.165) is 19.3 Å². The second kappa shape index (κ2) is 5.83. The Labute approximate surface area is 116 Å². The molecule has 1 saturated carbocycles. The molecule has 1 aliphatic rings. The van der Waals surface area contributed by atoms with Crippen LogP contribution in [0.2, 0.25) is 0 Å². The van der Waals surface area contributed by atoms with Crippen molar-refractivity contribution in [2.24, 2.45) is 0 Å². The van der Waals surface area contributed by atoms with Crippen molar-refractivity contribution in [2.75, 3.05) is 6.61 Å². The molecule has 6 heteroatoms. The first-order valence-electron chi connectivity index (χ1n) is 6.40. The van der Waals surface area contributed by atoms with Gasteiger partial charge in [0, 0.05) is 18.2 Å². The highest BCUT2D eigenvalue weighted by molar-refractivity contribution is 5.92. The topological polar surface area (TPSA) is 92.5 Å². The smallest absolute Gasteiger partial charge is 0.269 e. The van der Waals surface area contributed by atoms with Gasteiger partial charge >= 0.3 is 0 Å². The number of nitrogens with one attached hydrogen (secondary N) is 1. The highest BCUT2D eigenvalue weighted by Crippen LogP contribution is 2.31. The highest BCUT2D eigenvalue weighted by Gasteiger charge is 2.37. The van der Waals surface area contributed by atoms with Crippen LogP contribution in [0.25, 0.3) is 6.08 Å².